The average Bonchev–Trinajstić information content (AvgIpc) is 2.62. The molecule has 1 atom stereocenters. The van der Waals surface area contributed by atoms with Gasteiger partial charge in [-0.05, 0) is 42.0 Å². The van der Waals surface area contributed by atoms with Crippen LogP contribution in [0.25, 0.3) is 0 Å². The number of aliphatic hydroxyl groups is 1. The van der Waals surface area contributed by atoms with Gasteiger partial charge in [-0.15, -0.1) is 0 Å². The molecule has 2 aromatic carbocycles. The second-order valence-electron chi connectivity index (χ2n) is 6.21. The lowest BCUT2D eigenvalue weighted by Gasteiger charge is -2.34. The molecule has 0 radical (unpaired) electrons. The number of hydrogen-bond donors (Lipinski definition) is 2. The molecule has 0 bridgehead atoms. The maximum absolute atomic E-state index is 10.4. The molecule has 2 aromatic rings. The van der Waals surface area contributed by atoms with Crippen LogP contribution in [0.5, 0.6) is 5.75 Å². The standard InChI is InChI=1S/C19H23ClN2O2/c1-24-18-7-5-17(6-8-18)22-11-9-21(10-12-22)14-19(23)15-3-2-4-16(20)13-15/h2-8,13,19,23H,9-12,14H2,1H3/p+1/t19-/m1/s1. The fourth-order valence-electron chi connectivity index (χ4n) is 3.18. The SMILES string of the molecule is COc1ccc(N2CC[NH+](C[C@@H](O)c3cccc(Cl)c3)CC2)cc1. The summed E-state index contributed by atoms with van der Waals surface area (Å²) in [6.07, 6.45) is -0.466. The number of benzene rings is 2. The first-order valence-electron chi connectivity index (χ1n) is 8.32. The van der Waals surface area contributed by atoms with E-state index in [0.29, 0.717) is 5.02 Å². The third kappa shape index (κ3) is 4.20. The van der Waals surface area contributed by atoms with Crippen LogP contribution in [0.4, 0.5) is 5.69 Å². The van der Waals surface area contributed by atoms with Crippen molar-refractivity contribution in [2.45, 2.75) is 6.10 Å². The second kappa shape index (κ2) is 7.88. The number of piperazine rings is 1. The summed E-state index contributed by atoms with van der Waals surface area (Å²) < 4.78 is 5.21. The summed E-state index contributed by atoms with van der Waals surface area (Å²) in [5.74, 6) is 0.882. The van der Waals surface area contributed by atoms with Crippen molar-refractivity contribution < 1.29 is 14.7 Å². The van der Waals surface area contributed by atoms with Crippen LogP contribution in [0.15, 0.2) is 48.5 Å². The molecule has 0 amide bonds. The molecule has 1 aliphatic heterocycles. The van der Waals surface area contributed by atoms with Gasteiger partial charge in [0.15, 0.2) is 0 Å². The molecule has 1 aliphatic rings. The highest BCUT2D eigenvalue weighted by molar-refractivity contribution is 6.30. The summed E-state index contributed by atoms with van der Waals surface area (Å²) >= 11 is 6.01. The van der Waals surface area contributed by atoms with E-state index in [1.165, 1.54) is 10.6 Å². The number of nitrogens with zero attached hydrogens (tertiary/aromatic N) is 1. The highest BCUT2D eigenvalue weighted by atomic mass is 35.5. The Morgan fingerprint density at radius 1 is 1.17 bits per heavy atom. The summed E-state index contributed by atoms with van der Waals surface area (Å²) in [6.45, 7) is 4.73. The van der Waals surface area contributed by atoms with Crippen LogP contribution < -0.4 is 14.5 Å². The van der Waals surface area contributed by atoms with E-state index in [2.05, 4.69) is 17.0 Å². The number of quaternary nitrogens is 1. The van der Waals surface area contributed by atoms with E-state index in [1.807, 2.05) is 36.4 Å². The van der Waals surface area contributed by atoms with Gasteiger partial charge in [-0.25, -0.2) is 0 Å². The molecule has 0 unspecified atom stereocenters. The van der Waals surface area contributed by atoms with Crippen LogP contribution in [-0.4, -0.2) is 44.9 Å². The van der Waals surface area contributed by atoms with Gasteiger partial charge in [0.25, 0.3) is 0 Å². The monoisotopic (exact) mass is 347 g/mol. The van der Waals surface area contributed by atoms with Gasteiger partial charge in [-0.1, -0.05) is 23.7 Å². The predicted octanol–water partition coefficient (Wildman–Crippen LogP) is 1.79. The van der Waals surface area contributed by atoms with Crippen molar-refractivity contribution >= 4 is 17.3 Å². The molecular weight excluding hydrogens is 324 g/mol. The molecule has 4 nitrogen and oxygen atoms in total. The molecule has 5 heteroatoms. The molecular formula is C19H24ClN2O2+. The second-order valence-corrected chi connectivity index (χ2v) is 6.65. The Labute approximate surface area is 148 Å². The van der Waals surface area contributed by atoms with Crippen LogP contribution in [-0.2, 0) is 0 Å². The predicted molar refractivity (Wildman–Crippen MR) is 97.2 cm³/mol. The summed E-state index contributed by atoms with van der Waals surface area (Å²) in [7, 11) is 1.68. The molecule has 2 N–H and O–H groups in total. The van der Waals surface area contributed by atoms with Gasteiger partial charge in [0, 0.05) is 10.7 Å². The molecule has 1 heterocycles. The van der Waals surface area contributed by atoms with Crippen LogP contribution >= 0.6 is 11.6 Å². The number of anilines is 1. The zero-order valence-electron chi connectivity index (χ0n) is 13.9. The molecule has 3 rings (SSSR count). The molecule has 0 aromatic heterocycles. The van der Waals surface area contributed by atoms with E-state index in [-0.39, 0.29) is 0 Å². The van der Waals surface area contributed by atoms with E-state index in [1.54, 1.807) is 7.11 Å². The molecule has 0 saturated carbocycles. The van der Waals surface area contributed by atoms with Gasteiger partial charge in [0.2, 0.25) is 0 Å². The number of aliphatic hydroxyl groups excluding tert-OH is 1. The van der Waals surface area contributed by atoms with E-state index in [9.17, 15) is 5.11 Å². The molecule has 0 spiro atoms. The Balaban J connectivity index is 1.53. The van der Waals surface area contributed by atoms with Crippen molar-refractivity contribution in [3.8, 4) is 5.75 Å². The van der Waals surface area contributed by atoms with Crippen molar-refractivity contribution in [1.82, 2.24) is 0 Å². The lowest BCUT2D eigenvalue weighted by atomic mass is 10.1. The number of rotatable bonds is 5. The van der Waals surface area contributed by atoms with Gasteiger partial charge in [-0.2, -0.15) is 0 Å². The Hall–Kier alpha value is -1.75. The summed E-state index contributed by atoms with van der Waals surface area (Å²) in [4.78, 5) is 3.81. The first kappa shape index (κ1) is 17.1. The van der Waals surface area contributed by atoms with Gasteiger partial charge in [0.1, 0.15) is 18.4 Å². The fourth-order valence-corrected chi connectivity index (χ4v) is 3.38. The number of methoxy groups -OCH3 is 1. The number of nitrogens with one attached hydrogen (secondary N) is 1. The lowest BCUT2D eigenvalue weighted by Crippen LogP contribution is -3.15. The van der Waals surface area contributed by atoms with Crippen LogP contribution in [0.3, 0.4) is 0 Å². The third-order valence-electron chi connectivity index (χ3n) is 4.62. The first-order valence-corrected chi connectivity index (χ1v) is 8.69. The van der Waals surface area contributed by atoms with Crippen molar-refractivity contribution in [2.75, 3.05) is 44.7 Å². The van der Waals surface area contributed by atoms with Crippen molar-refractivity contribution in [1.29, 1.82) is 0 Å². The molecule has 1 saturated heterocycles. The van der Waals surface area contributed by atoms with E-state index in [0.717, 1.165) is 44.0 Å². The Morgan fingerprint density at radius 3 is 2.50 bits per heavy atom. The zero-order valence-corrected chi connectivity index (χ0v) is 14.7. The van der Waals surface area contributed by atoms with E-state index in [4.69, 9.17) is 16.3 Å². The normalized spacial score (nSPS) is 16.9. The number of hydrogen-bond acceptors (Lipinski definition) is 3. The van der Waals surface area contributed by atoms with Crippen molar-refractivity contribution in [3.05, 3.63) is 59.1 Å². The minimum atomic E-state index is -0.466. The minimum absolute atomic E-state index is 0.466. The van der Waals surface area contributed by atoms with Crippen LogP contribution in [0, 0.1) is 0 Å². The van der Waals surface area contributed by atoms with E-state index >= 15 is 0 Å². The molecule has 1 fully saturated rings. The summed E-state index contributed by atoms with van der Waals surface area (Å²) in [5.41, 5.74) is 2.12. The van der Waals surface area contributed by atoms with Gasteiger partial charge in [0.05, 0.1) is 33.3 Å². The van der Waals surface area contributed by atoms with Crippen molar-refractivity contribution in [2.24, 2.45) is 0 Å². The van der Waals surface area contributed by atoms with Crippen molar-refractivity contribution in [3.63, 3.8) is 0 Å². The van der Waals surface area contributed by atoms with Gasteiger partial charge >= 0.3 is 0 Å². The summed E-state index contributed by atoms with van der Waals surface area (Å²) in [5, 5.41) is 11.1. The van der Waals surface area contributed by atoms with Crippen LogP contribution in [0.1, 0.15) is 11.7 Å². The number of halogens is 1. The Morgan fingerprint density at radius 2 is 1.88 bits per heavy atom. The fraction of sp³-hybridized carbons (Fsp3) is 0.368. The smallest absolute Gasteiger partial charge is 0.128 e. The Bertz CT molecular complexity index is 655. The molecule has 24 heavy (non-hydrogen) atoms. The molecule has 0 aliphatic carbocycles. The lowest BCUT2D eigenvalue weighted by molar-refractivity contribution is -0.904. The topological polar surface area (TPSA) is 37.1 Å². The van der Waals surface area contributed by atoms with Gasteiger partial charge < -0.3 is 19.6 Å². The maximum atomic E-state index is 10.4. The quantitative estimate of drug-likeness (QED) is 0.866. The maximum Gasteiger partial charge on any atom is 0.128 e. The average molecular weight is 348 g/mol. The third-order valence-corrected chi connectivity index (χ3v) is 4.86. The number of ether oxygens (including phenoxy) is 1. The first-order chi connectivity index (χ1) is 11.7. The largest absolute Gasteiger partial charge is 0.497 e. The highest BCUT2D eigenvalue weighted by Gasteiger charge is 2.23. The van der Waals surface area contributed by atoms with E-state index < -0.39 is 6.10 Å². The summed E-state index contributed by atoms with van der Waals surface area (Å²) in [6, 6.07) is 15.7. The minimum Gasteiger partial charge on any atom is -0.497 e. The zero-order chi connectivity index (χ0) is 16.9. The van der Waals surface area contributed by atoms with Crippen LogP contribution in [0.2, 0.25) is 5.02 Å². The van der Waals surface area contributed by atoms with Gasteiger partial charge in [-0.3, -0.25) is 0 Å². The highest BCUT2D eigenvalue weighted by Crippen LogP contribution is 2.19. The Kier molecular flexibility index (Phi) is 5.61. The molecule has 128 valence electrons.